The van der Waals surface area contributed by atoms with Gasteiger partial charge < -0.3 is 9.80 Å². The number of nitrogens with one attached hydrogen (secondary N) is 3. The second-order valence-electron chi connectivity index (χ2n) is 7.36. The zero-order chi connectivity index (χ0) is 21.6. The Hall–Kier alpha value is -2.42. The number of hydrogen-bond acceptors (Lipinski definition) is 2. The number of rotatable bonds is 6. The second-order valence-corrected chi connectivity index (χ2v) is 7.77. The number of benzene rings is 2. The molecule has 1 heterocycles. The van der Waals surface area contributed by atoms with E-state index in [0.29, 0.717) is 12.1 Å². The molecule has 9 heteroatoms. The fourth-order valence-corrected chi connectivity index (χ4v) is 3.63. The molecule has 0 spiro atoms. The van der Waals surface area contributed by atoms with Crippen LogP contribution in [-0.2, 0) is 17.5 Å². The minimum Gasteiger partial charge on any atom is -0.322 e. The van der Waals surface area contributed by atoms with Crippen molar-refractivity contribution < 1.29 is 27.8 Å². The Bertz CT molecular complexity index is 879. The van der Waals surface area contributed by atoms with E-state index in [1.54, 1.807) is 0 Å². The average Bonchev–Trinajstić information content (AvgIpc) is 2.71. The number of hydrogen-bond donors (Lipinski definition) is 3. The lowest BCUT2D eigenvalue weighted by atomic mass is 10.1. The Labute approximate surface area is 178 Å². The van der Waals surface area contributed by atoms with Crippen molar-refractivity contribution in [1.82, 2.24) is 5.43 Å². The second kappa shape index (κ2) is 10.1. The van der Waals surface area contributed by atoms with Crippen LogP contribution in [0.3, 0.4) is 0 Å². The number of quaternary nitrogens is 2. The van der Waals surface area contributed by atoms with Crippen LogP contribution in [0.25, 0.3) is 0 Å². The lowest BCUT2D eigenvalue weighted by Gasteiger charge is -2.29. The first kappa shape index (κ1) is 22.3. The fourth-order valence-electron chi connectivity index (χ4n) is 3.43. The van der Waals surface area contributed by atoms with E-state index in [9.17, 15) is 18.0 Å². The van der Waals surface area contributed by atoms with Crippen molar-refractivity contribution in [3.63, 3.8) is 0 Å². The van der Waals surface area contributed by atoms with Crippen molar-refractivity contribution in [2.45, 2.75) is 12.7 Å². The average molecular weight is 441 g/mol. The van der Waals surface area contributed by atoms with Gasteiger partial charge in [-0.1, -0.05) is 41.9 Å². The molecule has 0 atom stereocenters. The normalized spacial score (nSPS) is 19.7. The minimum atomic E-state index is -4.37. The summed E-state index contributed by atoms with van der Waals surface area (Å²) in [5.41, 5.74) is 3.34. The number of halogens is 4. The molecule has 30 heavy (non-hydrogen) atoms. The van der Waals surface area contributed by atoms with E-state index >= 15 is 0 Å². The van der Waals surface area contributed by atoms with Crippen LogP contribution in [0, 0.1) is 0 Å². The predicted octanol–water partition coefficient (Wildman–Crippen LogP) is 0.793. The Morgan fingerprint density at radius 3 is 2.30 bits per heavy atom. The highest BCUT2D eigenvalue weighted by atomic mass is 35.5. The van der Waals surface area contributed by atoms with Gasteiger partial charge in [0.25, 0.3) is 5.91 Å². The van der Waals surface area contributed by atoms with Gasteiger partial charge >= 0.3 is 6.18 Å². The topological polar surface area (TPSA) is 50.3 Å². The molecule has 1 fully saturated rings. The summed E-state index contributed by atoms with van der Waals surface area (Å²) >= 11 is 6.23. The summed E-state index contributed by atoms with van der Waals surface area (Å²) in [6, 6.07) is 12.4. The van der Waals surface area contributed by atoms with Crippen LogP contribution in [0.2, 0.25) is 5.02 Å². The Morgan fingerprint density at radius 2 is 1.67 bits per heavy atom. The Morgan fingerprint density at radius 1 is 1.03 bits per heavy atom. The fraction of sp³-hybridized carbons (Fsp3) is 0.333. The van der Waals surface area contributed by atoms with Crippen molar-refractivity contribution in [2.75, 3.05) is 32.7 Å². The van der Waals surface area contributed by atoms with Gasteiger partial charge in [0.15, 0.2) is 6.54 Å². The maximum Gasteiger partial charge on any atom is 0.416 e. The standard InChI is InChI=1S/C21H22ClF3N4O/c22-19-4-2-1-3-17(19)14-28-9-11-29(12-10-28)15-20(30)27-26-13-16-5-7-18(8-6-16)21(23,24)25/h1-8,13H,9-12,14-15H2,(H,27,30)/p+2. The van der Waals surface area contributed by atoms with Crippen LogP contribution in [0.1, 0.15) is 16.7 Å². The third kappa shape index (κ3) is 6.55. The molecule has 0 radical (unpaired) electrons. The first-order valence-corrected chi connectivity index (χ1v) is 10.1. The molecule has 1 aliphatic rings. The van der Waals surface area contributed by atoms with Crippen molar-refractivity contribution in [2.24, 2.45) is 5.10 Å². The number of hydrazone groups is 1. The maximum absolute atomic E-state index is 12.6. The van der Waals surface area contributed by atoms with Crippen LogP contribution in [0.15, 0.2) is 53.6 Å². The maximum atomic E-state index is 12.6. The van der Waals surface area contributed by atoms with Crippen molar-refractivity contribution in [1.29, 1.82) is 0 Å². The molecule has 3 N–H and O–H groups in total. The number of piperazine rings is 1. The molecular weight excluding hydrogens is 417 g/mol. The van der Waals surface area contributed by atoms with E-state index in [1.807, 2.05) is 24.3 Å². The third-order valence-electron chi connectivity index (χ3n) is 5.11. The quantitative estimate of drug-likeness (QED) is 0.451. The van der Waals surface area contributed by atoms with E-state index in [0.717, 1.165) is 55.4 Å². The molecule has 0 bridgehead atoms. The molecule has 0 aromatic heterocycles. The number of alkyl halides is 3. The number of carbonyl (C=O) groups is 1. The highest BCUT2D eigenvalue weighted by Gasteiger charge is 2.30. The molecule has 2 aromatic carbocycles. The zero-order valence-corrected chi connectivity index (χ0v) is 17.1. The molecule has 0 aliphatic carbocycles. The van der Waals surface area contributed by atoms with Crippen LogP contribution in [0.5, 0.6) is 0 Å². The van der Waals surface area contributed by atoms with Crippen LogP contribution < -0.4 is 15.2 Å². The predicted molar refractivity (Wildman–Crippen MR) is 109 cm³/mol. The molecule has 0 saturated carbocycles. The molecule has 5 nitrogen and oxygen atoms in total. The molecular formula is C21H24ClF3N4O+2. The SMILES string of the molecule is O=C(C[NH+]1CC[NH+](Cc2ccccc2Cl)CC1)NN=Cc1ccc(C(F)(F)F)cc1. The summed E-state index contributed by atoms with van der Waals surface area (Å²) in [6.45, 7) is 4.82. The van der Waals surface area contributed by atoms with Crippen molar-refractivity contribution >= 4 is 23.7 Å². The lowest BCUT2D eigenvalue weighted by molar-refractivity contribution is -1.02. The van der Waals surface area contributed by atoms with E-state index in [4.69, 9.17) is 11.6 Å². The molecule has 1 aliphatic heterocycles. The first-order chi connectivity index (χ1) is 14.3. The molecule has 1 amide bonds. The molecule has 0 unspecified atom stereocenters. The first-order valence-electron chi connectivity index (χ1n) is 9.71. The van der Waals surface area contributed by atoms with E-state index in [2.05, 4.69) is 10.5 Å². The van der Waals surface area contributed by atoms with E-state index in [-0.39, 0.29) is 5.91 Å². The van der Waals surface area contributed by atoms with Gasteiger partial charge in [-0.25, -0.2) is 5.43 Å². The van der Waals surface area contributed by atoms with Gasteiger partial charge in [0.2, 0.25) is 0 Å². The highest BCUT2D eigenvalue weighted by Crippen LogP contribution is 2.28. The van der Waals surface area contributed by atoms with Gasteiger partial charge in [0, 0.05) is 10.6 Å². The summed E-state index contributed by atoms with van der Waals surface area (Å²) in [5.74, 6) is -0.220. The Kier molecular flexibility index (Phi) is 7.47. The summed E-state index contributed by atoms with van der Waals surface area (Å²) in [5, 5.41) is 4.62. The van der Waals surface area contributed by atoms with Crippen molar-refractivity contribution in [3.8, 4) is 0 Å². The smallest absolute Gasteiger partial charge is 0.322 e. The molecule has 1 saturated heterocycles. The number of carbonyl (C=O) groups excluding carboxylic acids is 1. The van der Waals surface area contributed by atoms with Gasteiger partial charge in [0.05, 0.1) is 11.8 Å². The summed E-state index contributed by atoms with van der Waals surface area (Å²) < 4.78 is 37.7. The lowest BCUT2D eigenvalue weighted by Crippen LogP contribution is -3.28. The molecule has 160 valence electrons. The molecule has 3 rings (SSSR count). The third-order valence-corrected chi connectivity index (χ3v) is 5.48. The van der Waals surface area contributed by atoms with Crippen LogP contribution in [-0.4, -0.2) is 44.8 Å². The van der Waals surface area contributed by atoms with Crippen LogP contribution in [0.4, 0.5) is 13.2 Å². The monoisotopic (exact) mass is 440 g/mol. The van der Waals surface area contributed by atoms with Crippen molar-refractivity contribution in [3.05, 3.63) is 70.2 Å². The van der Waals surface area contributed by atoms with Crippen LogP contribution >= 0.6 is 11.6 Å². The summed E-state index contributed by atoms with van der Waals surface area (Å²) in [6.07, 6.45) is -3.04. The Balaban J connectivity index is 1.39. The van der Waals surface area contributed by atoms with E-state index < -0.39 is 11.7 Å². The van der Waals surface area contributed by atoms with Gasteiger partial charge in [0.1, 0.15) is 32.7 Å². The number of nitrogens with zero attached hydrogens (tertiary/aromatic N) is 1. The number of amides is 1. The van der Waals surface area contributed by atoms with Gasteiger partial charge in [-0.15, -0.1) is 0 Å². The van der Waals surface area contributed by atoms with Gasteiger partial charge in [-0.3, -0.25) is 4.79 Å². The largest absolute Gasteiger partial charge is 0.416 e. The van der Waals surface area contributed by atoms with Gasteiger partial charge in [-0.05, 0) is 23.8 Å². The summed E-state index contributed by atoms with van der Waals surface area (Å²) in [4.78, 5) is 14.7. The highest BCUT2D eigenvalue weighted by molar-refractivity contribution is 6.31. The molecule has 2 aromatic rings. The minimum absolute atomic E-state index is 0.220. The zero-order valence-electron chi connectivity index (χ0n) is 16.3. The van der Waals surface area contributed by atoms with E-state index in [1.165, 1.54) is 28.1 Å². The summed E-state index contributed by atoms with van der Waals surface area (Å²) in [7, 11) is 0. The van der Waals surface area contributed by atoms with Gasteiger partial charge in [-0.2, -0.15) is 18.3 Å².